The number of hydrogen-bond acceptors (Lipinski definition) is 4. The number of aromatic hydroxyl groups is 2. The molecule has 0 aromatic heterocycles. The molecule has 0 aliphatic heterocycles. The Kier molecular flexibility index (Phi) is 9.51. The van der Waals surface area contributed by atoms with Crippen molar-refractivity contribution in [3.63, 3.8) is 0 Å². The molecule has 0 amide bonds. The molecule has 42 heavy (non-hydrogen) atoms. The van der Waals surface area contributed by atoms with Gasteiger partial charge >= 0.3 is 0 Å². The first-order valence-electron chi connectivity index (χ1n) is 15.0. The Morgan fingerprint density at radius 2 is 0.881 bits per heavy atom. The highest BCUT2D eigenvalue weighted by molar-refractivity contribution is 5.85. The first kappa shape index (κ1) is 33.1. The molecule has 3 aromatic carbocycles. The van der Waals surface area contributed by atoms with Gasteiger partial charge in [-0.2, -0.15) is 0 Å². The zero-order valence-corrected chi connectivity index (χ0v) is 28.0. The first-order chi connectivity index (χ1) is 19.2. The van der Waals surface area contributed by atoms with Crippen molar-refractivity contribution in [3.8, 4) is 11.5 Å². The summed E-state index contributed by atoms with van der Waals surface area (Å²) >= 11 is 0. The molecule has 0 aliphatic carbocycles. The largest absolute Gasteiger partial charge is 0.507 e. The molecule has 0 bridgehead atoms. The molecular formula is C38H52N2O2. The fraction of sp³-hybridized carbons (Fsp3) is 0.474. The van der Waals surface area contributed by atoms with Gasteiger partial charge < -0.3 is 10.2 Å². The molecule has 0 fully saturated rings. The second kappa shape index (κ2) is 12.1. The second-order valence-corrected chi connectivity index (χ2v) is 15.7. The van der Waals surface area contributed by atoms with Crippen molar-refractivity contribution in [3.05, 3.63) is 93.0 Å². The van der Waals surface area contributed by atoms with Crippen LogP contribution in [0.5, 0.6) is 11.5 Å². The fourth-order valence-corrected chi connectivity index (χ4v) is 4.85. The number of phenolic OH excluding ortho intramolecular Hbond substituents is 2. The molecule has 2 N–H and O–H groups in total. The third-order valence-electron chi connectivity index (χ3n) is 7.63. The van der Waals surface area contributed by atoms with E-state index >= 15 is 0 Å². The lowest BCUT2D eigenvalue weighted by atomic mass is 9.79. The minimum absolute atomic E-state index is 0.0374. The van der Waals surface area contributed by atoms with Crippen LogP contribution < -0.4 is 0 Å². The molecule has 3 rings (SSSR count). The number of benzene rings is 3. The predicted octanol–water partition coefficient (Wildman–Crippen LogP) is 9.53. The van der Waals surface area contributed by atoms with Crippen LogP contribution in [0.15, 0.2) is 58.5 Å². The van der Waals surface area contributed by atoms with E-state index in [9.17, 15) is 10.2 Å². The maximum atomic E-state index is 11.1. The number of phenols is 2. The Morgan fingerprint density at radius 1 is 0.524 bits per heavy atom. The highest BCUT2D eigenvalue weighted by Gasteiger charge is 2.25. The van der Waals surface area contributed by atoms with Gasteiger partial charge in [-0.15, -0.1) is 0 Å². The van der Waals surface area contributed by atoms with Crippen LogP contribution in [0, 0.1) is 0 Å². The standard InChI is InChI=1S/C38H52N2O2/c1-35(2,3)29-17-27(33(41)31(19-29)37(7,8)9)23-39-21-25-14-13-15-26(16-25)22-40-24-28-18-30(36(4,5)6)20-32(34(28)42)38(10,11)12/h13-20,23-24,41-42H,21-22H2,1-12H3. The van der Waals surface area contributed by atoms with E-state index < -0.39 is 0 Å². The Bertz CT molecular complexity index is 1360. The van der Waals surface area contributed by atoms with Gasteiger partial charge in [-0.3, -0.25) is 9.98 Å². The van der Waals surface area contributed by atoms with Crippen LogP contribution in [0.4, 0.5) is 0 Å². The summed E-state index contributed by atoms with van der Waals surface area (Å²) in [6.07, 6.45) is 3.59. The summed E-state index contributed by atoms with van der Waals surface area (Å²) in [5, 5.41) is 22.1. The van der Waals surface area contributed by atoms with E-state index in [0.29, 0.717) is 24.6 Å². The highest BCUT2D eigenvalue weighted by Crippen LogP contribution is 2.38. The number of rotatable bonds is 6. The van der Waals surface area contributed by atoms with Gasteiger partial charge in [0, 0.05) is 34.7 Å². The molecule has 226 valence electrons. The van der Waals surface area contributed by atoms with Gasteiger partial charge in [0.1, 0.15) is 11.5 Å². The van der Waals surface area contributed by atoms with Gasteiger partial charge in [0.2, 0.25) is 0 Å². The molecule has 0 aliphatic rings. The minimum atomic E-state index is -0.179. The summed E-state index contributed by atoms with van der Waals surface area (Å²) in [5.41, 5.74) is 7.46. The van der Waals surface area contributed by atoms with Gasteiger partial charge in [0.05, 0.1) is 13.1 Å². The lowest BCUT2D eigenvalue weighted by molar-refractivity contribution is 0.443. The lowest BCUT2D eigenvalue weighted by Crippen LogP contribution is -2.17. The van der Waals surface area contributed by atoms with E-state index in [-0.39, 0.29) is 21.7 Å². The van der Waals surface area contributed by atoms with E-state index in [1.54, 1.807) is 12.4 Å². The molecule has 0 saturated heterocycles. The molecular weight excluding hydrogens is 516 g/mol. The molecule has 0 radical (unpaired) electrons. The number of hydrogen-bond donors (Lipinski definition) is 2. The topological polar surface area (TPSA) is 65.2 Å². The van der Waals surface area contributed by atoms with E-state index in [1.165, 1.54) is 11.1 Å². The van der Waals surface area contributed by atoms with Crippen molar-refractivity contribution in [2.24, 2.45) is 9.98 Å². The summed E-state index contributed by atoms with van der Waals surface area (Å²) in [7, 11) is 0. The predicted molar refractivity (Wildman–Crippen MR) is 180 cm³/mol. The van der Waals surface area contributed by atoms with Crippen molar-refractivity contribution in [2.45, 2.75) is 118 Å². The van der Waals surface area contributed by atoms with Crippen molar-refractivity contribution in [1.29, 1.82) is 0 Å². The third kappa shape index (κ3) is 8.33. The quantitative estimate of drug-likeness (QED) is 0.291. The normalized spacial score (nSPS) is 13.4. The Labute approximate surface area is 254 Å². The van der Waals surface area contributed by atoms with E-state index in [2.05, 4.69) is 113 Å². The van der Waals surface area contributed by atoms with Crippen molar-refractivity contribution >= 4 is 12.4 Å². The number of nitrogens with zero attached hydrogens (tertiary/aromatic N) is 2. The summed E-state index contributed by atoms with van der Waals surface area (Å²) in [6.45, 7) is 26.9. The molecule has 0 unspecified atom stereocenters. The Balaban J connectivity index is 1.82. The van der Waals surface area contributed by atoms with Crippen LogP contribution in [0.2, 0.25) is 0 Å². The Morgan fingerprint density at radius 3 is 1.19 bits per heavy atom. The average molecular weight is 569 g/mol. The molecule has 4 heteroatoms. The van der Waals surface area contributed by atoms with Crippen molar-refractivity contribution in [2.75, 3.05) is 0 Å². The van der Waals surface area contributed by atoms with E-state index in [4.69, 9.17) is 9.98 Å². The summed E-state index contributed by atoms with van der Waals surface area (Å²) in [4.78, 5) is 9.42. The third-order valence-corrected chi connectivity index (χ3v) is 7.63. The van der Waals surface area contributed by atoms with Gasteiger partial charge in [-0.05, 0) is 56.0 Å². The Hall–Kier alpha value is -3.40. The second-order valence-electron chi connectivity index (χ2n) is 15.7. The van der Waals surface area contributed by atoms with Gasteiger partial charge in [0.25, 0.3) is 0 Å². The molecule has 3 aromatic rings. The SMILES string of the molecule is CC(C)(C)c1cc(C=NCc2cccc(CN=Cc3cc(C(C)(C)C)cc(C(C)(C)C)c3O)c2)c(O)c(C(C)(C)C)c1. The summed E-state index contributed by atoms with van der Waals surface area (Å²) in [5.74, 6) is 0.603. The lowest BCUT2D eigenvalue weighted by Gasteiger charge is -2.27. The van der Waals surface area contributed by atoms with Crippen LogP contribution in [-0.2, 0) is 34.7 Å². The molecule has 0 spiro atoms. The van der Waals surface area contributed by atoms with Crippen LogP contribution in [0.1, 0.15) is 128 Å². The van der Waals surface area contributed by atoms with Crippen LogP contribution in [-0.4, -0.2) is 22.6 Å². The first-order valence-corrected chi connectivity index (χ1v) is 15.0. The maximum Gasteiger partial charge on any atom is 0.128 e. The van der Waals surface area contributed by atoms with Crippen LogP contribution in [0.3, 0.4) is 0 Å². The summed E-state index contributed by atoms with van der Waals surface area (Å²) in [6, 6.07) is 16.6. The highest BCUT2D eigenvalue weighted by atomic mass is 16.3. The fourth-order valence-electron chi connectivity index (χ4n) is 4.85. The zero-order valence-electron chi connectivity index (χ0n) is 28.0. The van der Waals surface area contributed by atoms with Crippen molar-refractivity contribution < 1.29 is 10.2 Å². The minimum Gasteiger partial charge on any atom is -0.507 e. The van der Waals surface area contributed by atoms with E-state index in [1.807, 2.05) is 18.2 Å². The van der Waals surface area contributed by atoms with Gasteiger partial charge in [-0.1, -0.05) is 119 Å². The smallest absolute Gasteiger partial charge is 0.128 e. The van der Waals surface area contributed by atoms with E-state index in [0.717, 1.165) is 33.4 Å². The zero-order chi connectivity index (χ0) is 31.7. The number of aliphatic imine (C=N–C) groups is 2. The average Bonchev–Trinajstić information content (AvgIpc) is 2.83. The molecule has 0 saturated carbocycles. The molecule has 0 atom stereocenters. The monoisotopic (exact) mass is 568 g/mol. The maximum absolute atomic E-state index is 11.1. The summed E-state index contributed by atoms with van der Waals surface area (Å²) < 4.78 is 0. The van der Waals surface area contributed by atoms with Crippen LogP contribution >= 0.6 is 0 Å². The van der Waals surface area contributed by atoms with Gasteiger partial charge in [-0.25, -0.2) is 0 Å². The van der Waals surface area contributed by atoms with Gasteiger partial charge in [0.15, 0.2) is 0 Å². The molecule has 4 nitrogen and oxygen atoms in total. The van der Waals surface area contributed by atoms with Crippen molar-refractivity contribution in [1.82, 2.24) is 0 Å². The van der Waals surface area contributed by atoms with Crippen LogP contribution in [0.25, 0.3) is 0 Å². The molecule has 0 heterocycles.